The minimum absolute atomic E-state index is 0.167. The number of aliphatic hydroxyl groups is 1. The van der Waals surface area contributed by atoms with Gasteiger partial charge in [0.05, 0.1) is 0 Å². The highest BCUT2D eigenvalue weighted by molar-refractivity contribution is 5.76. The molecule has 6 heteroatoms. The topological polar surface area (TPSA) is 81.7 Å². The summed E-state index contributed by atoms with van der Waals surface area (Å²) in [4.78, 5) is 26.3. The number of amides is 2. The van der Waals surface area contributed by atoms with Crippen LogP contribution in [0.3, 0.4) is 0 Å². The van der Waals surface area contributed by atoms with E-state index in [2.05, 4.69) is 29.4 Å². The molecule has 0 bridgehead atoms. The maximum atomic E-state index is 12.0. The largest absolute Gasteiger partial charge is 0.396 e. The smallest absolute Gasteiger partial charge is 0.219 e. The molecule has 0 aromatic carbocycles. The Morgan fingerprint density at radius 2 is 0.970 bits per heavy atom. The minimum atomic E-state index is 0.167. The highest BCUT2D eigenvalue weighted by Crippen LogP contribution is 2.07. The zero-order valence-corrected chi connectivity index (χ0v) is 22.0. The van der Waals surface area contributed by atoms with Crippen molar-refractivity contribution in [1.82, 2.24) is 15.5 Å². The molecule has 3 N–H and O–H groups in total. The first-order valence-corrected chi connectivity index (χ1v) is 14.0. The van der Waals surface area contributed by atoms with Crippen LogP contribution >= 0.6 is 0 Å². The van der Waals surface area contributed by atoms with Crippen LogP contribution in [0.2, 0.25) is 0 Å². The second-order valence-corrected chi connectivity index (χ2v) is 9.36. The summed E-state index contributed by atoms with van der Waals surface area (Å²) in [7, 11) is 0. The van der Waals surface area contributed by atoms with Gasteiger partial charge in [-0.15, -0.1) is 0 Å². The van der Waals surface area contributed by atoms with Gasteiger partial charge in [-0.3, -0.25) is 9.59 Å². The minimum Gasteiger partial charge on any atom is -0.396 e. The monoisotopic (exact) mass is 469 g/mol. The number of carbonyl (C=O) groups is 2. The quantitative estimate of drug-likeness (QED) is 0.161. The van der Waals surface area contributed by atoms with Gasteiger partial charge in [0.2, 0.25) is 11.8 Å². The first-order valence-electron chi connectivity index (χ1n) is 14.0. The Morgan fingerprint density at radius 1 is 0.576 bits per heavy atom. The summed E-state index contributed by atoms with van der Waals surface area (Å²) < 4.78 is 0. The number of hydrogen-bond donors (Lipinski definition) is 3. The fourth-order valence-electron chi connectivity index (χ4n) is 4.00. The average Bonchev–Trinajstić information content (AvgIpc) is 2.81. The van der Waals surface area contributed by atoms with Crippen molar-refractivity contribution in [3.8, 4) is 0 Å². The summed E-state index contributed by atoms with van der Waals surface area (Å²) in [6, 6.07) is 0. The number of carbonyl (C=O) groups excluding carboxylic acids is 2. The Labute approximate surface area is 204 Å². The second kappa shape index (κ2) is 25.5. The second-order valence-electron chi connectivity index (χ2n) is 9.36. The third-order valence-corrected chi connectivity index (χ3v) is 6.09. The standard InChI is InChI=1S/C27H55N3O3/c1-3-5-7-9-11-13-18-26(32)28-20-15-22-30(24-17-25-31)23-16-21-29-27(33)19-14-12-10-8-6-4-2/h31H,3-25H2,1-2H3,(H,28,32)(H,29,33). The van der Waals surface area contributed by atoms with Gasteiger partial charge in [-0.2, -0.15) is 0 Å². The van der Waals surface area contributed by atoms with Crippen molar-refractivity contribution in [2.45, 2.75) is 123 Å². The number of aliphatic hydroxyl groups excluding tert-OH is 1. The van der Waals surface area contributed by atoms with E-state index in [9.17, 15) is 9.59 Å². The number of unbranched alkanes of at least 4 members (excludes halogenated alkanes) is 10. The Bertz CT molecular complexity index is 410. The molecule has 0 rings (SSSR count). The summed E-state index contributed by atoms with van der Waals surface area (Å²) in [5, 5.41) is 15.2. The molecule has 196 valence electrons. The predicted octanol–water partition coefficient (Wildman–Crippen LogP) is 5.18. The lowest BCUT2D eigenvalue weighted by Gasteiger charge is -2.22. The van der Waals surface area contributed by atoms with E-state index in [1.54, 1.807) is 0 Å². The first-order chi connectivity index (χ1) is 16.1. The van der Waals surface area contributed by atoms with E-state index < -0.39 is 0 Å². The molecule has 6 nitrogen and oxygen atoms in total. The molecule has 0 aromatic heterocycles. The molecule has 0 aromatic rings. The third kappa shape index (κ3) is 23.8. The van der Waals surface area contributed by atoms with E-state index in [0.29, 0.717) is 25.9 Å². The summed E-state index contributed by atoms with van der Waals surface area (Å²) in [5.41, 5.74) is 0. The van der Waals surface area contributed by atoms with E-state index >= 15 is 0 Å². The van der Waals surface area contributed by atoms with Crippen LogP contribution in [0.1, 0.15) is 123 Å². The fourth-order valence-corrected chi connectivity index (χ4v) is 4.00. The molecular weight excluding hydrogens is 414 g/mol. The van der Waals surface area contributed by atoms with Crippen molar-refractivity contribution in [3.63, 3.8) is 0 Å². The van der Waals surface area contributed by atoms with Crippen molar-refractivity contribution in [2.75, 3.05) is 39.3 Å². The summed E-state index contributed by atoms with van der Waals surface area (Å²) in [5.74, 6) is 0.334. The van der Waals surface area contributed by atoms with Crippen molar-refractivity contribution < 1.29 is 14.7 Å². The molecule has 0 fully saturated rings. The number of hydrogen-bond acceptors (Lipinski definition) is 4. The summed E-state index contributed by atoms with van der Waals surface area (Å²) in [6.07, 6.45) is 18.3. The third-order valence-electron chi connectivity index (χ3n) is 6.09. The SMILES string of the molecule is CCCCCCCCC(=O)NCCCN(CCCO)CCCNC(=O)CCCCCCCC. The summed E-state index contributed by atoms with van der Waals surface area (Å²) in [6.45, 7) is 8.71. The van der Waals surface area contributed by atoms with Gasteiger partial charge in [-0.25, -0.2) is 0 Å². The molecule has 0 radical (unpaired) electrons. The van der Waals surface area contributed by atoms with Gasteiger partial charge in [-0.05, 0) is 45.2 Å². The van der Waals surface area contributed by atoms with E-state index in [-0.39, 0.29) is 18.4 Å². The van der Waals surface area contributed by atoms with Gasteiger partial charge in [0.1, 0.15) is 0 Å². The molecule has 2 amide bonds. The lowest BCUT2D eigenvalue weighted by atomic mass is 10.1. The van der Waals surface area contributed by atoms with Gasteiger partial charge in [0, 0.05) is 39.1 Å². The Morgan fingerprint density at radius 3 is 1.39 bits per heavy atom. The number of rotatable bonds is 25. The normalized spacial score (nSPS) is 11.2. The van der Waals surface area contributed by atoms with Crippen LogP contribution in [-0.4, -0.2) is 61.2 Å². The Balaban J connectivity index is 3.79. The number of nitrogens with zero attached hydrogens (tertiary/aromatic N) is 1. The van der Waals surface area contributed by atoms with Crippen LogP contribution in [0.15, 0.2) is 0 Å². The lowest BCUT2D eigenvalue weighted by molar-refractivity contribution is -0.122. The first kappa shape index (κ1) is 31.9. The zero-order chi connectivity index (χ0) is 24.4. The van der Waals surface area contributed by atoms with Gasteiger partial charge < -0.3 is 20.6 Å². The van der Waals surface area contributed by atoms with E-state index in [0.717, 1.165) is 64.6 Å². The highest BCUT2D eigenvalue weighted by atomic mass is 16.3. The van der Waals surface area contributed by atoms with Crippen molar-refractivity contribution in [1.29, 1.82) is 0 Å². The molecule has 0 saturated heterocycles. The molecule has 0 unspecified atom stereocenters. The van der Waals surface area contributed by atoms with Gasteiger partial charge in [0.25, 0.3) is 0 Å². The molecule has 0 spiro atoms. The van der Waals surface area contributed by atoms with Crippen molar-refractivity contribution in [3.05, 3.63) is 0 Å². The summed E-state index contributed by atoms with van der Waals surface area (Å²) >= 11 is 0. The fraction of sp³-hybridized carbons (Fsp3) is 0.926. The van der Waals surface area contributed by atoms with Crippen LogP contribution in [0.5, 0.6) is 0 Å². The van der Waals surface area contributed by atoms with E-state index in [1.165, 1.54) is 51.4 Å². The van der Waals surface area contributed by atoms with Crippen LogP contribution in [0.4, 0.5) is 0 Å². The Kier molecular flexibility index (Phi) is 24.6. The molecule has 33 heavy (non-hydrogen) atoms. The van der Waals surface area contributed by atoms with Crippen molar-refractivity contribution in [2.24, 2.45) is 0 Å². The van der Waals surface area contributed by atoms with Crippen LogP contribution in [-0.2, 0) is 9.59 Å². The average molecular weight is 470 g/mol. The van der Waals surface area contributed by atoms with Crippen molar-refractivity contribution >= 4 is 11.8 Å². The molecular formula is C27H55N3O3. The Hall–Kier alpha value is -1.14. The van der Waals surface area contributed by atoms with Gasteiger partial charge >= 0.3 is 0 Å². The maximum Gasteiger partial charge on any atom is 0.219 e. The molecule has 0 aliphatic carbocycles. The molecule has 0 aliphatic heterocycles. The van der Waals surface area contributed by atoms with E-state index in [4.69, 9.17) is 5.11 Å². The van der Waals surface area contributed by atoms with Gasteiger partial charge in [0.15, 0.2) is 0 Å². The molecule has 0 heterocycles. The molecule has 0 aliphatic rings. The lowest BCUT2D eigenvalue weighted by Crippen LogP contribution is -2.33. The van der Waals surface area contributed by atoms with Crippen LogP contribution < -0.4 is 10.6 Å². The van der Waals surface area contributed by atoms with Gasteiger partial charge in [-0.1, -0.05) is 78.1 Å². The van der Waals surface area contributed by atoms with Crippen LogP contribution in [0, 0.1) is 0 Å². The predicted molar refractivity (Wildman–Crippen MR) is 139 cm³/mol. The van der Waals surface area contributed by atoms with E-state index in [1.807, 2.05) is 0 Å². The molecule has 0 saturated carbocycles. The zero-order valence-electron chi connectivity index (χ0n) is 22.0. The number of nitrogens with one attached hydrogen (secondary N) is 2. The van der Waals surface area contributed by atoms with Crippen LogP contribution in [0.25, 0.3) is 0 Å². The highest BCUT2D eigenvalue weighted by Gasteiger charge is 2.07. The maximum absolute atomic E-state index is 12.0. The molecule has 0 atom stereocenters.